The second kappa shape index (κ2) is 7.49. The minimum atomic E-state index is -0.599. The second-order valence-electron chi connectivity index (χ2n) is 3.98. The van der Waals surface area contributed by atoms with Crippen LogP contribution in [0, 0.1) is 0 Å². The average molecular weight is 290 g/mol. The summed E-state index contributed by atoms with van der Waals surface area (Å²) in [5.41, 5.74) is 0. The highest BCUT2D eigenvalue weighted by atomic mass is 35.5. The molecule has 0 bridgehead atoms. The van der Waals surface area contributed by atoms with Gasteiger partial charge in [-0.25, -0.2) is 0 Å². The molecule has 0 aliphatic rings. The van der Waals surface area contributed by atoms with Crippen molar-refractivity contribution >= 4 is 29.1 Å². The average Bonchev–Trinajstić information content (AvgIpc) is 2.34. The third-order valence-electron chi connectivity index (χ3n) is 2.40. The van der Waals surface area contributed by atoms with Crippen molar-refractivity contribution in [3.05, 3.63) is 28.2 Å². The highest BCUT2D eigenvalue weighted by molar-refractivity contribution is 6.34. The van der Waals surface area contributed by atoms with Gasteiger partial charge in [0.05, 0.1) is 5.02 Å². The Hall–Kier alpha value is -0.930. The highest BCUT2D eigenvalue weighted by Crippen LogP contribution is 2.28. The Balaban J connectivity index is 2.55. The first-order valence-electron chi connectivity index (χ1n) is 5.94. The molecule has 0 aromatic heterocycles. The molecule has 0 saturated heterocycles. The molecule has 0 saturated carbocycles. The summed E-state index contributed by atoms with van der Waals surface area (Å²) in [6, 6.07) is 4.91. The summed E-state index contributed by atoms with van der Waals surface area (Å²) in [5, 5.41) is 3.76. The molecule has 1 N–H and O–H groups in total. The van der Waals surface area contributed by atoms with Crippen molar-refractivity contribution in [1.82, 2.24) is 5.32 Å². The van der Waals surface area contributed by atoms with Gasteiger partial charge in [0, 0.05) is 17.6 Å². The zero-order chi connectivity index (χ0) is 13.5. The molecular weight excluding hydrogens is 273 g/mol. The summed E-state index contributed by atoms with van der Waals surface area (Å²) in [6.07, 6.45) is 1.39. The summed E-state index contributed by atoms with van der Waals surface area (Å²) >= 11 is 11.8. The van der Waals surface area contributed by atoms with Crippen molar-refractivity contribution in [2.75, 3.05) is 6.54 Å². The quantitative estimate of drug-likeness (QED) is 0.812. The predicted molar refractivity (Wildman–Crippen MR) is 74.5 cm³/mol. The van der Waals surface area contributed by atoms with Crippen LogP contribution >= 0.6 is 23.2 Å². The second-order valence-corrected chi connectivity index (χ2v) is 4.82. The number of benzene rings is 1. The van der Waals surface area contributed by atoms with E-state index in [4.69, 9.17) is 27.9 Å². The number of halogens is 2. The van der Waals surface area contributed by atoms with Gasteiger partial charge in [-0.3, -0.25) is 4.79 Å². The SMILES string of the molecule is CCCCNC(=O)C(C)Oc1cc(Cl)ccc1Cl. The lowest BCUT2D eigenvalue weighted by atomic mass is 10.3. The van der Waals surface area contributed by atoms with Crippen LogP contribution in [0.25, 0.3) is 0 Å². The van der Waals surface area contributed by atoms with E-state index in [0.717, 1.165) is 12.8 Å². The van der Waals surface area contributed by atoms with Gasteiger partial charge in [-0.05, 0) is 25.5 Å². The number of carbonyl (C=O) groups excluding carboxylic acids is 1. The van der Waals surface area contributed by atoms with E-state index in [9.17, 15) is 4.79 Å². The number of amides is 1. The van der Waals surface area contributed by atoms with E-state index < -0.39 is 6.10 Å². The normalized spacial score (nSPS) is 12.0. The van der Waals surface area contributed by atoms with Gasteiger partial charge >= 0.3 is 0 Å². The van der Waals surface area contributed by atoms with Crippen molar-refractivity contribution in [3.63, 3.8) is 0 Å². The zero-order valence-corrected chi connectivity index (χ0v) is 12.0. The van der Waals surface area contributed by atoms with E-state index in [1.165, 1.54) is 0 Å². The molecule has 100 valence electrons. The van der Waals surface area contributed by atoms with E-state index in [0.29, 0.717) is 22.3 Å². The number of unbranched alkanes of at least 4 members (excludes halogenated alkanes) is 1. The number of hydrogen-bond donors (Lipinski definition) is 1. The number of hydrogen-bond acceptors (Lipinski definition) is 2. The summed E-state index contributed by atoms with van der Waals surface area (Å²) in [6.45, 7) is 4.41. The Bertz CT molecular complexity index is 410. The standard InChI is InChI=1S/C13H17Cl2NO2/c1-3-4-7-16-13(17)9(2)18-12-8-10(14)5-6-11(12)15/h5-6,8-9H,3-4,7H2,1-2H3,(H,16,17). The van der Waals surface area contributed by atoms with Crippen LogP contribution in [0.1, 0.15) is 26.7 Å². The molecule has 3 nitrogen and oxygen atoms in total. The van der Waals surface area contributed by atoms with Gasteiger partial charge in [0.25, 0.3) is 5.91 Å². The van der Waals surface area contributed by atoms with Gasteiger partial charge < -0.3 is 10.1 Å². The molecular formula is C13H17Cl2NO2. The smallest absolute Gasteiger partial charge is 0.260 e. The lowest BCUT2D eigenvalue weighted by Crippen LogP contribution is -2.36. The van der Waals surface area contributed by atoms with Crippen LogP contribution in [-0.4, -0.2) is 18.6 Å². The largest absolute Gasteiger partial charge is 0.479 e. The summed E-state index contributed by atoms with van der Waals surface area (Å²) in [5.74, 6) is 0.266. The predicted octanol–water partition coefficient (Wildman–Crippen LogP) is 3.68. The van der Waals surface area contributed by atoms with E-state index in [2.05, 4.69) is 12.2 Å². The van der Waals surface area contributed by atoms with E-state index in [1.807, 2.05) is 0 Å². The topological polar surface area (TPSA) is 38.3 Å². The van der Waals surface area contributed by atoms with E-state index >= 15 is 0 Å². The first kappa shape index (κ1) is 15.1. The fraction of sp³-hybridized carbons (Fsp3) is 0.462. The number of rotatable bonds is 6. The molecule has 1 rings (SSSR count). The summed E-state index contributed by atoms with van der Waals surface area (Å²) < 4.78 is 5.49. The molecule has 5 heteroatoms. The molecule has 1 unspecified atom stereocenters. The van der Waals surface area contributed by atoms with Crippen molar-refractivity contribution in [1.29, 1.82) is 0 Å². The van der Waals surface area contributed by atoms with E-state index in [-0.39, 0.29) is 5.91 Å². The molecule has 1 atom stereocenters. The lowest BCUT2D eigenvalue weighted by molar-refractivity contribution is -0.127. The Labute approximate surface area is 117 Å². The molecule has 0 radical (unpaired) electrons. The number of ether oxygens (including phenoxy) is 1. The molecule has 0 aliphatic heterocycles. The third-order valence-corrected chi connectivity index (χ3v) is 2.94. The summed E-state index contributed by atoms with van der Waals surface area (Å²) in [7, 11) is 0. The van der Waals surface area contributed by atoms with Crippen LogP contribution in [0.15, 0.2) is 18.2 Å². The Morgan fingerprint density at radius 2 is 2.17 bits per heavy atom. The van der Waals surface area contributed by atoms with Crippen LogP contribution in [0.4, 0.5) is 0 Å². The maximum Gasteiger partial charge on any atom is 0.260 e. The highest BCUT2D eigenvalue weighted by Gasteiger charge is 2.15. The van der Waals surface area contributed by atoms with Crippen LogP contribution in [0.2, 0.25) is 10.0 Å². The van der Waals surface area contributed by atoms with Gasteiger partial charge in [0.2, 0.25) is 0 Å². The third kappa shape index (κ3) is 4.75. The Morgan fingerprint density at radius 3 is 2.83 bits per heavy atom. The number of carbonyl (C=O) groups is 1. The van der Waals surface area contributed by atoms with Crippen LogP contribution in [0.3, 0.4) is 0 Å². The van der Waals surface area contributed by atoms with Gasteiger partial charge in [0.15, 0.2) is 6.10 Å². The van der Waals surface area contributed by atoms with Crippen LogP contribution < -0.4 is 10.1 Å². The summed E-state index contributed by atoms with van der Waals surface area (Å²) in [4.78, 5) is 11.7. The molecule has 0 spiro atoms. The molecule has 1 aromatic carbocycles. The molecule has 0 aliphatic carbocycles. The monoisotopic (exact) mass is 289 g/mol. The van der Waals surface area contributed by atoms with Gasteiger partial charge in [-0.1, -0.05) is 36.5 Å². The van der Waals surface area contributed by atoms with Crippen molar-refractivity contribution in [2.45, 2.75) is 32.8 Å². The first-order valence-corrected chi connectivity index (χ1v) is 6.69. The maximum absolute atomic E-state index is 11.7. The fourth-order valence-corrected chi connectivity index (χ4v) is 1.67. The molecule has 0 heterocycles. The minimum Gasteiger partial charge on any atom is -0.479 e. The molecule has 1 amide bonds. The van der Waals surface area contributed by atoms with Crippen LogP contribution in [-0.2, 0) is 4.79 Å². The van der Waals surface area contributed by atoms with Crippen molar-refractivity contribution < 1.29 is 9.53 Å². The van der Waals surface area contributed by atoms with Gasteiger partial charge in [-0.2, -0.15) is 0 Å². The molecule has 1 aromatic rings. The van der Waals surface area contributed by atoms with E-state index in [1.54, 1.807) is 25.1 Å². The van der Waals surface area contributed by atoms with Gasteiger partial charge in [0.1, 0.15) is 5.75 Å². The van der Waals surface area contributed by atoms with Crippen molar-refractivity contribution in [3.8, 4) is 5.75 Å². The Kier molecular flexibility index (Phi) is 6.30. The van der Waals surface area contributed by atoms with Crippen molar-refractivity contribution in [2.24, 2.45) is 0 Å². The maximum atomic E-state index is 11.7. The fourth-order valence-electron chi connectivity index (χ4n) is 1.34. The minimum absolute atomic E-state index is 0.153. The molecule has 18 heavy (non-hydrogen) atoms. The zero-order valence-electron chi connectivity index (χ0n) is 10.5. The van der Waals surface area contributed by atoms with Crippen LogP contribution in [0.5, 0.6) is 5.75 Å². The molecule has 0 fully saturated rings. The lowest BCUT2D eigenvalue weighted by Gasteiger charge is -2.15. The number of nitrogens with one attached hydrogen (secondary N) is 1. The van der Waals surface area contributed by atoms with Gasteiger partial charge in [-0.15, -0.1) is 0 Å². The first-order chi connectivity index (χ1) is 8.54. The Morgan fingerprint density at radius 1 is 1.44 bits per heavy atom.